The molecule has 0 N–H and O–H groups in total. The lowest BCUT2D eigenvalue weighted by atomic mass is 10.1. The lowest BCUT2D eigenvalue weighted by Gasteiger charge is -2.11. The second-order valence-corrected chi connectivity index (χ2v) is 6.10. The van der Waals surface area contributed by atoms with Crippen molar-refractivity contribution in [2.45, 2.75) is 13.3 Å². The van der Waals surface area contributed by atoms with Crippen molar-refractivity contribution < 1.29 is 4.74 Å². The molecule has 3 aromatic rings. The topological polar surface area (TPSA) is 52.8 Å². The highest BCUT2D eigenvalue weighted by atomic mass is 35.5. The normalized spacial score (nSPS) is 11.3. The Bertz CT molecular complexity index is 827. The molecule has 0 atom stereocenters. The van der Waals surface area contributed by atoms with E-state index in [9.17, 15) is 0 Å². The van der Waals surface area contributed by atoms with Gasteiger partial charge >= 0.3 is 0 Å². The van der Waals surface area contributed by atoms with Gasteiger partial charge in [0, 0.05) is 29.0 Å². The Morgan fingerprint density at radius 1 is 1.43 bits per heavy atom. The molecule has 0 unspecified atom stereocenters. The quantitative estimate of drug-likeness (QED) is 0.516. The Morgan fingerprint density at radius 2 is 2.30 bits per heavy atom. The number of nitrogens with zero attached hydrogens (tertiary/aromatic N) is 4. The Balaban J connectivity index is 2.03. The fourth-order valence-electron chi connectivity index (χ4n) is 2.22. The molecular weight excluding hydrogens is 332 g/mol. The predicted molar refractivity (Wildman–Crippen MR) is 92.1 cm³/mol. The zero-order chi connectivity index (χ0) is 16.2. The van der Waals surface area contributed by atoms with E-state index >= 15 is 0 Å². The van der Waals surface area contributed by atoms with Crippen molar-refractivity contribution in [3.05, 3.63) is 58.7 Å². The lowest BCUT2D eigenvalue weighted by molar-refractivity contribution is 0.337. The summed E-state index contributed by atoms with van der Waals surface area (Å²) in [7, 11) is 1.61. The van der Waals surface area contributed by atoms with Crippen LogP contribution in [-0.4, -0.2) is 26.9 Å². The van der Waals surface area contributed by atoms with Crippen molar-refractivity contribution in [2.24, 2.45) is 0 Å². The molecule has 0 aromatic carbocycles. The number of hydrogen-bond donors (Lipinski definition) is 0. The molecule has 0 saturated heterocycles. The van der Waals surface area contributed by atoms with Crippen LogP contribution in [0.2, 0.25) is 5.15 Å². The van der Waals surface area contributed by atoms with Crippen molar-refractivity contribution in [2.75, 3.05) is 7.11 Å². The van der Waals surface area contributed by atoms with E-state index in [1.54, 1.807) is 30.9 Å². The standard InChI is InChI=1S/C16H15ClN4OS/c1-11-10-14(12(15(17)19-11)4-3-8-22-2)21-7-5-13(20-21)16-18-6-9-23-16/h3,5-10H,4H2,1-2H3. The summed E-state index contributed by atoms with van der Waals surface area (Å²) in [6.45, 7) is 1.91. The Kier molecular flexibility index (Phi) is 4.73. The molecule has 0 aliphatic rings. The maximum Gasteiger partial charge on any atom is 0.143 e. The predicted octanol–water partition coefficient (Wildman–Crippen LogP) is 4.06. The minimum atomic E-state index is 0.479. The lowest BCUT2D eigenvalue weighted by Crippen LogP contribution is -2.03. The minimum Gasteiger partial charge on any atom is -0.505 e. The Labute approximate surface area is 143 Å². The third kappa shape index (κ3) is 3.43. The van der Waals surface area contributed by atoms with Gasteiger partial charge in [-0.05, 0) is 31.6 Å². The first-order chi connectivity index (χ1) is 11.2. The van der Waals surface area contributed by atoms with E-state index in [-0.39, 0.29) is 0 Å². The van der Waals surface area contributed by atoms with Crippen LogP contribution in [0.4, 0.5) is 0 Å². The Morgan fingerprint density at radius 3 is 3.04 bits per heavy atom. The SMILES string of the molecule is COC=CCc1c(-n2ccc(-c3nccs3)n2)cc(C)nc1Cl. The van der Waals surface area contributed by atoms with Gasteiger partial charge in [-0.25, -0.2) is 14.6 Å². The molecule has 5 nitrogen and oxygen atoms in total. The summed E-state index contributed by atoms with van der Waals surface area (Å²) in [5.41, 5.74) is 3.49. The average molecular weight is 347 g/mol. The van der Waals surface area contributed by atoms with Crippen LogP contribution in [0, 0.1) is 6.92 Å². The molecule has 3 rings (SSSR count). The first-order valence-corrected chi connectivity index (χ1v) is 8.24. The molecule has 3 aromatic heterocycles. The number of halogens is 1. The molecule has 0 radical (unpaired) electrons. The zero-order valence-corrected chi connectivity index (χ0v) is 14.3. The molecule has 3 heterocycles. The summed E-state index contributed by atoms with van der Waals surface area (Å²) in [6.07, 6.45) is 7.82. The molecule has 23 heavy (non-hydrogen) atoms. The number of hydrogen-bond acceptors (Lipinski definition) is 5. The van der Waals surface area contributed by atoms with Crippen molar-refractivity contribution in [1.82, 2.24) is 19.7 Å². The summed E-state index contributed by atoms with van der Waals surface area (Å²) in [5, 5.41) is 7.92. The Hall–Kier alpha value is -2.18. The smallest absolute Gasteiger partial charge is 0.143 e. The van der Waals surface area contributed by atoms with Crippen molar-refractivity contribution >= 4 is 22.9 Å². The van der Waals surface area contributed by atoms with Gasteiger partial charge in [0.1, 0.15) is 15.9 Å². The van der Waals surface area contributed by atoms with Crippen molar-refractivity contribution in [3.63, 3.8) is 0 Å². The van der Waals surface area contributed by atoms with Crippen molar-refractivity contribution in [1.29, 1.82) is 0 Å². The number of allylic oxidation sites excluding steroid dienone is 1. The molecule has 0 aliphatic carbocycles. The molecule has 0 aliphatic heterocycles. The number of aromatic nitrogens is 4. The fourth-order valence-corrected chi connectivity index (χ4v) is 3.13. The second kappa shape index (κ2) is 6.93. The number of methoxy groups -OCH3 is 1. The summed E-state index contributed by atoms with van der Waals surface area (Å²) in [6, 6.07) is 3.91. The van der Waals surface area contributed by atoms with Gasteiger partial charge < -0.3 is 4.74 Å². The van der Waals surface area contributed by atoms with Gasteiger partial charge in [-0.1, -0.05) is 11.6 Å². The van der Waals surface area contributed by atoms with Crippen LogP contribution in [-0.2, 0) is 11.2 Å². The van der Waals surface area contributed by atoms with Gasteiger partial charge in [0.2, 0.25) is 0 Å². The molecule has 0 fully saturated rings. The van der Waals surface area contributed by atoms with Crippen LogP contribution in [0.25, 0.3) is 16.4 Å². The minimum absolute atomic E-state index is 0.479. The maximum absolute atomic E-state index is 6.33. The highest BCUT2D eigenvalue weighted by Crippen LogP contribution is 2.26. The molecule has 7 heteroatoms. The van der Waals surface area contributed by atoms with Gasteiger partial charge in [0.05, 0.1) is 19.1 Å². The maximum atomic E-state index is 6.33. The first-order valence-electron chi connectivity index (χ1n) is 6.99. The van der Waals surface area contributed by atoms with Gasteiger partial charge in [-0.3, -0.25) is 0 Å². The van der Waals surface area contributed by atoms with Crippen molar-refractivity contribution in [3.8, 4) is 16.4 Å². The number of pyridine rings is 1. The molecule has 0 spiro atoms. The first kappa shape index (κ1) is 15.7. The molecule has 0 amide bonds. The van der Waals surface area contributed by atoms with E-state index in [1.807, 2.05) is 41.4 Å². The third-order valence-corrected chi connectivity index (χ3v) is 4.33. The number of rotatable bonds is 5. The number of aryl methyl sites for hydroxylation is 1. The zero-order valence-electron chi connectivity index (χ0n) is 12.7. The highest BCUT2D eigenvalue weighted by Gasteiger charge is 2.13. The summed E-state index contributed by atoms with van der Waals surface area (Å²) < 4.78 is 6.77. The average Bonchev–Trinajstić information content (AvgIpc) is 3.19. The van der Waals surface area contributed by atoms with Crippen LogP contribution >= 0.6 is 22.9 Å². The molecule has 0 saturated carbocycles. The van der Waals surface area contributed by atoms with E-state index < -0.39 is 0 Å². The van der Waals surface area contributed by atoms with E-state index in [1.165, 1.54) is 0 Å². The third-order valence-electron chi connectivity index (χ3n) is 3.22. The van der Waals surface area contributed by atoms with E-state index in [0.717, 1.165) is 27.6 Å². The fraction of sp³-hybridized carbons (Fsp3) is 0.188. The van der Waals surface area contributed by atoms with Gasteiger partial charge in [-0.15, -0.1) is 11.3 Å². The summed E-state index contributed by atoms with van der Waals surface area (Å²) >= 11 is 7.89. The van der Waals surface area contributed by atoms with E-state index in [4.69, 9.17) is 16.3 Å². The monoisotopic (exact) mass is 346 g/mol. The van der Waals surface area contributed by atoms with E-state index in [2.05, 4.69) is 15.1 Å². The summed E-state index contributed by atoms with van der Waals surface area (Å²) in [5.74, 6) is 0. The molecule has 118 valence electrons. The summed E-state index contributed by atoms with van der Waals surface area (Å²) in [4.78, 5) is 8.62. The van der Waals surface area contributed by atoms with Crippen LogP contribution in [0.5, 0.6) is 0 Å². The second-order valence-electron chi connectivity index (χ2n) is 4.85. The number of thiazole rings is 1. The molecule has 0 bridgehead atoms. The van der Waals surface area contributed by atoms with Gasteiger partial charge in [0.15, 0.2) is 0 Å². The van der Waals surface area contributed by atoms with Crippen LogP contribution in [0.3, 0.4) is 0 Å². The highest BCUT2D eigenvalue weighted by molar-refractivity contribution is 7.13. The van der Waals surface area contributed by atoms with Gasteiger partial charge in [0.25, 0.3) is 0 Å². The van der Waals surface area contributed by atoms with Crippen LogP contribution in [0.1, 0.15) is 11.3 Å². The molecular formula is C16H15ClN4OS. The van der Waals surface area contributed by atoms with Crippen LogP contribution < -0.4 is 0 Å². The number of ether oxygens (including phenoxy) is 1. The van der Waals surface area contributed by atoms with Gasteiger partial charge in [-0.2, -0.15) is 5.10 Å². The van der Waals surface area contributed by atoms with E-state index in [0.29, 0.717) is 11.6 Å². The van der Waals surface area contributed by atoms with Crippen LogP contribution in [0.15, 0.2) is 42.2 Å². The largest absolute Gasteiger partial charge is 0.505 e.